The summed E-state index contributed by atoms with van der Waals surface area (Å²) in [6.45, 7) is 5.00. The lowest BCUT2D eigenvalue weighted by molar-refractivity contribution is -0.193. The molecule has 104 valence electrons. The average Bonchev–Trinajstić information content (AvgIpc) is 2.53. The van der Waals surface area contributed by atoms with Crippen LogP contribution in [0.5, 0.6) is 0 Å². The molecule has 1 aliphatic rings. The average molecular weight is 261 g/mol. The molecule has 7 heteroatoms. The largest absolute Gasteiger partial charge is 0.465 e. The Balaban J connectivity index is 2.94. The zero-order valence-corrected chi connectivity index (χ0v) is 11.0. The van der Waals surface area contributed by atoms with Crippen molar-refractivity contribution in [3.05, 3.63) is 0 Å². The van der Waals surface area contributed by atoms with Gasteiger partial charge < -0.3 is 19.7 Å². The highest BCUT2D eigenvalue weighted by molar-refractivity contribution is 5.85. The van der Waals surface area contributed by atoms with Gasteiger partial charge >= 0.3 is 12.1 Å². The van der Waals surface area contributed by atoms with Gasteiger partial charge in [0.05, 0.1) is 7.11 Å². The Hall–Kier alpha value is -1.34. The highest BCUT2D eigenvalue weighted by Crippen LogP contribution is 2.30. The maximum atomic E-state index is 11.9. The molecule has 1 aliphatic heterocycles. The van der Waals surface area contributed by atoms with Crippen molar-refractivity contribution < 1.29 is 29.3 Å². The number of esters is 1. The Morgan fingerprint density at radius 1 is 1.39 bits per heavy atom. The molecule has 0 aromatic heterocycles. The molecule has 0 spiro atoms. The maximum Gasteiger partial charge on any atom is 0.413 e. The predicted molar refractivity (Wildman–Crippen MR) is 60.5 cm³/mol. The minimum absolute atomic E-state index is 0.0156. The van der Waals surface area contributed by atoms with Crippen molar-refractivity contribution in [1.29, 1.82) is 0 Å². The van der Waals surface area contributed by atoms with E-state index in [9.17, 15) is 19.8 Å². The number of nitrogens with zero attached hydrogens (tertiary/aromatic N) is 1. The summed E-state index contributed by atoms with van der Waals surface area (Å²) in [4.78, 5) is 24.2. The summed E-state index contributed by atoms with van der Waals surface area (Å²) in [5.74, 6) is -1.08. The minimum atomic E-state index is -2.38. The molecule has 2 N–H and O–H groups in total. The predicted octanol–water partition coefficient (Wildman–Crippen LogP) is -0.150. The molecular weight excluding hydrogens is 242 g/mol. The zero-order chi connectivity index (χ0) is 14.1. The number of likely N-dealkylation sites (tertiary alicyclic amines) is 1. The van der Waals surface area contributed by atoms with Gasteiger partial charge in [0.2, 0.25) is 0 Å². The highest BCUT2D eigenvalue weighted by atomic mass is 16.6. The Bertz CT molecular complexity index is 350. The molecular formula is C11H19NO6. The molecule has 0 aromatic carbocycles. The van der Waals surface area contributed by atoms with E-state index < -0.39 is 29.5 Å². The summed E-state index contributed by atoms with van der Waals surface area (Å²) in [7, 11) is 1.07. The van der Waals surface area contributed by atoms with Gasteiger partial charge in [-0.3, -0.25) is 4.90 Å². The lowest BCUT2D eigenvalue weighted by Crippen LogP contribution is -2.59. The van der Waals surface area contributed by atoms with Crippen molar-refractivity contribution in [3.8, 4) is 0 Å². The van der Waals surface area contributed by atoms with Crippen LogP contribution < -0.4 is 0 Å². The van der Waals surface area contributed by atoms with Gasteiger partial charge in [-0.1, -0.05) is 0 Å². The summed E-state index contributed by atoms with van der Waals surface area (Å²) >= 11 is 0. The highest BCUT2D eigenvalue weighted by Gasteiger charge is 2.57. The van der Waals surface area contributed by atoms with Gasteiger partial charge in [-0.2, -0.15) is 0 Å². The maximum absolute atomic E-state index is 11.9. The van der Waals surface area contributed by atoms with Crippen LogP contribution in [0, 0.1) is 0 Å². The van der Waals surface area contributed by atoms with Crippen molar-refractivity contribution in [2.75, 3.05) is 13.7 Å². The van der Waals surface area contributed by atoms with E-state index in [4.69, 9.17) is 4.74 Å². The molecule has 1 fully saturated rings. The van der Waals surface area contributed by atoms with Crippen molar-refractivity contribution in [1.82, 2.24) is 4.90 Å². The van der Waals surface area contributed by atoms with Crippen molar-refractivity contribution in [3.63, 3.8) is 0 Å². The van der Waals surface area contributed by atoms with E-state index in [-0.39, 0.29) is 13.0 Å². The molecule has 7 nitrogen and oxygen atoms in total. The third-order valence-electron chi connectivity index (χ3n) is 2.60. The second kappa shape index (κ2) is 4.74. The number of hydrogen-bond acceptors (Lipinski definition) is 6. The SMILES string of the molecule is COC(=O)[C@]1(O)C(O)CCN1C(=O)OC(C)(C)C. The monoisotopic (exact) mass is 261 g/mol. The standard InChI is InChI=1S/C11H19NO6/c1-10(2,3)18-9(15)12-6-5-7(13)11(12,16)8(14)17-4/h7,13,16H,5-6H2,1-4H3/t7?,11-/m1/s1. The first kappa shape index (κ1) is 14.7. The fourth-order valence-corrected chi connectivity index (χ4v) is 1.75. The number of ether oxygens (including phenoxy) is 2. The smallest absolute Gasteiger partial charge is 0.413 e. The molecule has 0 radical (unpaired) electrons. The lowest BCUT2D eigenvalue weighted by atomic mass is 10.1. The molecule has 0 aliphatic carbocycles. The molecule has 2 atom stereocenters. The molecule has 1 rings (SSSR count). The summed E-state index contributed by atoms with van der Waals surface area (Å²) in [6, 6.07) is 0. The van der Waals surface area contributed by atoms with Crippen LogP contribution in [0.1, 0.15) is 27.2 Å². The van der Waals surface area contributed by atoms with Crippen molar-refractivity contribution >= 4 is 12.1 Å². The second-order valence-electron chi connectivity index (χ2n) is 5.15. The van der Waals surface area contributed by atoms with Crippen molar-refractivity contribution in [2.45, 2.75) is 44.6 Å². The van der Waals surface area contributed by atoms with Crippen LogP contribution >= 0.6 is 0 Å². The molecule has 1 saturated heterocycles. The van der Waals surface area contributed by atoms with Crippen LogP contribution in [0.2, 0.25) is 0 Å². The van der Waals surface area contributed by atoms with E-state index in [1.807, 2.05) is 0 Å². The van der Waals surface area contributed by atoms with Gasteiger partial charge in [-0.25, -0.2) is 9.59 Å². The van der Waals surface area contributed by atoms with E-state index >= 15 is 0 Å². The van der Waals surface area contributed by atoms with E-state index in [2.05, 4.69) is 4.74 Å². The quantitative estimate of drug-likeness (QED) is 0.637. The number of rotatable bonds is 1. The van der Waals surface area contributed by atoms with Crippen LogP contribution in [0.4, 0.5) is 4.79 Å². The van der Waals surface area contributed by atoms with E-state index in [0.29, 0.717) is 0 Å². The lowest BCUT2D eigenvalue weighted by Gasteiger charge is -2.33. The molecule has 18 heavy (non-hydrogen) atoms. The first-order valence-electron chi connectivity index (χ1n) is 5.62. The summed E-state index contributed by atoms with van der Waals surface area (Å²) in [5.41, 5.74) is -3.14. The molecule has 1 amide bonds. The van der Waals surface area contributed by atoms with Gasteiger partial charge in [0.25, 0.3) is 5.72 Å². The third kappa shape index (κ3) is 2.56. The fourth-order valence-electron chi connectivity index (χ4n) is 1.75. The van der Waals surface area contributed by atoms with Gasteiger partial charge in [0.15, 0.2) is 0 Å². The van der Waals surface area contributed by atoms with Crippen molar-refractivity contribution in [2.24, 2.45) is 0 Å². The number of carbonyl (C=O) groups is 2. The number of carbonyl (C=O) groups excluding carboxylic acids is 2. The summed E-state index contributed by atoms with van der Waals surface area (Å²) in [6.07, 6.45) is -2.19. The Labute approximate surface area is 105 Å². The number of amides is 1. The number of methoxy groups -OCH3 is 1. The van der Waals surface area contributed by atoms with Gasteiger partial charge in [-0.05, 0) is 27.2 Å². The van der Waals surface area contributed by atoms with Crippen LogP contribution in [0.25, 0.3) is 0 Å². The number of aliphatic hydroxyl groups excluding tert-OH is 1. The summed E-state index contributed by atoms with van der Waals surface area (Å²) in [5, 5.41) is 19.8. The first-order chi connectivity index (χ1) is 8.13. The van der Waals surface area contributed by atoms with Crippen LogP contribution in [0.15, 0.2) is 0 Å². The van der Waals surface area contributed by atoms with Gasteiger partial charge in [0.1, 0.15) is 11.7 Å². The molecule has 0 aromatic rings. The van der Waals surface area contributed by atoms with Crippen LogP contribution in [-0.2, 0) is 14.3 Å². The van der Waals surface area contributed by atoms with Gasteiger partial charge in [-0.15, -0.1) is 0 Å². The van der Waals surface area contributed by atoms with E-state index in [1.54, 1.807) is 20.8 Å². The fraction of sp³-hybridized carbons (Fsp3) is 0.818. The molecule has 1 unspecified atom stereocenters. The summed E-state index contributed by atoms with van der Waals surface area (Å²) < 4.78 is 9.49. The van der Waals surface area contributed by atoms with E-state index in [0.717, 1.165) is 12.0 Å². The normalized spacial score (nSPS) is 28.1. The van der Waals surface area contributed by atoms with E-state index in [1.165, 1.54) is 0 Å². The van der Waals surface area contributed by atoms with Crippen LogP contribution in [-0.4, -0.2) is 58.3 Å². The minimum Gasteiger partial charge on any atom is -0.465 e. The molecule has 0 bridgehead atoms. The third-order valence-corrected chi connectivity index (χ3v) is 2.60. The number of hydrogen-bond donors (Lipinski definition) is 2. The molecule has 1 heterocycles. The number of aliphatic hydroxyl groups is 2. The van der Waals surface area contributed by atoms with Gasteiger partial charge in [0, 0.05) is 6.54 Å². The second-order valence-corrected chi connectivity index (χ2v) is 5.15. The Morgan fingerprint density at radius 2 is 1.94 bits per heavy atom. The Morgan fingerprint density at radius 3 is 2.39 bits per heavy atom. The topological polar surface area (TPSA) is 96.3 Å². The first-order valence-corrected chi connectivity index (χ1v) is 5.62. The zero-order valence-electron chi connectivity index (χ0n) is 11.0. The van der Waals surface area contributed by atoms with Crippen LogP contribution in [0.3, 0.4) is 0 Å². The molecule has 0 saturated carbocycles. The Kier molecular flexibility index (Phi) is 3.87.